The molecule has 106 valence electrons. The van der Waals surface area contributed by atoms with Crippen molar-refractivity contribution in [1.82, 2.24) is 0 Å². The van der Waals surface area contributed by atoms with E-state index < -0.39 is 21.5 Å². The minimum absolute atomic E-state index is 0.0313. The Balaban J connectivity index is 2.03. The Kier molecular flexibility index (Phi) is 3.41. The summed E-state index contributed by atoms with van der Waals surface area (Å²) in [7, 11) is -0.884. The van der Waals surface area contributed by atoms with Crippen LogP contribution in [0.15, 0.2) is 24.3 Å². The van der Waals surface area contributed by atoms with Crippen LogP contribution in [0.5, 0.6) is 0 Å². The quantitative estimate of drug-likeness (QED) is 0.622. The monoisotopic (exact) mass is 295 g/mol. The van der Waals surface area contributed by atoms with E-state index in [9.17, 15) is 18.7 Å². The Morgan fingerprint density at radius 1 is 1.35 bits per heavy atom. The third-order valence-corrected chi connectivity index (χ3v) is 6.01. The highest BCUT2D eigenvalue weighted by Crippen LogP contribution is 2.38. The van der Waals surface area contributed by atoms with Crippen molar-refractivity contribution in [1.29, 1.82) is 0 Å². The van der Waals surface area contributed by atoms with Gasteiger partial charge in [-0.15, -0.1) is 0 Å². The van der Waals surface area contributed by atoms with Crippen molar-refractivity contribution in [3.8, 4) is 0 Å². The highest BCUT2D eigenvalue weighted by molar-refractivity contribution is 7.86. The second kappa shape index (κ2) is 5.09. The van der Waals surface area contributed by atoms with Crippen molar-refractivity contribution in [2.45, 2.75) is 36.2 Å². The highest BCUT2D eigenvalue weighted by Gasteiger charge is 2.34. The van der Waals surface area contributed by atoms with E-state index in [2.05, 4.69) is 0 Å². The van der Waals surface area contributed by atoms with Crippen molar-refractivity contribution in [3.63, 3.8) is 0 Å². The lowest BCUT2D eigenvalue weighted by Crippen LogP contribution is -2.33. The first-order valence-corrected chi connectivity index (χ1v) is 7.88. The second-order valence-corrected chi connectivity index (χ2v) is 7.17. The van der Waals surface area contributed by atoms with Gasteiger partial charge in [-0.25, -0.2) is 4.39 Å². The Morgan fingerprint density at radius 2 is 2.15 bits per heavy atom. The number of non-ortho nitro benzene ring substituents is 1. The van der Waals surface area contributed by atoms with Crippen LogP contribution in [0.2, 0.25) is 0 Å². The summed E-state index contributed by atoms with van der Waals surface area (Å²) in [4.78, 5) is 10.3. The number of rotatable bonds is 2. The number of nitro groups is 1. The molecule has 2 bridgehead atoms. The molecule has 4 nitrogen and oxygen atoms in total. The van der Waals surface area contributed by atoms with Crippen LogP contribution in [0.1, 0.15) is 31.2 Å². The molecule has 0 radical (unpaired) electrons. The van der Waals surface area contributed by atoms with Crippen LogP contribution in [-0.4, -0.2) is 19.6 Å². The predicted molar refractivity (Wildman–Crippen MR) is 75.2 cm³/mol. The molecule has 3 atom stereocenters. The third kappa shape index (κ3) is 2.28. The van der Waals surface area contributed by atoms with Crippen molar-refractivity contribution in [3.05, 3.63) is 45.8 Å². The van der Waals surface area contributed by atoms with Gasteiger partial charge < -0.3 is 0 Å². The van der Waals surface area contributed by atoms with Gasteiger partial charge in [0, 0.05) is 33.7 Å². The van der Waals surface area contributed by atoms with E-state index in [0.29, 0.717) is 6.42 Å². The van der Waals surface area contributed by atoms with Crippen LogP contribution in [0, 0.1) is 15.9 Å². The molecule has 2 heterocycles. The van der Waals surface area contributed by atoms with Gasteiger partial charge in [-0.05, 0) is 30.9 Å². The molecule has 1 saturated heterocycles. The summed E-state index contributed by atoms with van der Waals surface area (Å²) in [5.41, 5.74) is 0.937. The number of nitro benzene ring substituents is 1. The van der Waals surface area contributed by atoms with E-state index in [1.165, 1.54) is 12.1 Å². The molecule has 1 aromatic rings. The summed E-state index contributed by atoms with van der Waals surface area (Å²) in [6.45, 7) is 0. The van der Waals surface area contributed by atoms with Crippen LogP contribution in [-0.2, 0) is 10.8 Å². The zero-order chi connectivity index (χ0) is 14.3. The van der Waals surface area contributed by atoms with E-state index in [-0.39, 0.29) is 21.8 Å². The lowest BCUT2D eigenvalue weighted by Gasteiger charge is -2.32. The summed E-state index contributed by atoms with van der Waals surface area (Å²) >= 11 is 0. The molecular weight excluding hydrogens is 281 g/mol. The molecular formula is C14H14FNO3S. The normalized spacial score (nSPS) is 28.9. The largest absolute Gasteiger partial charge is 0.270 e. The summed E-state index contributed by atoms with van der Waals surface area (Å²) < 4.78 is 26.1. The molecule has 1 aromatic carbocycles. The van der Waals surface area contributed by atoms with Gasteiger partial charge in [-0.3, -0.25) is 14.3 Å². The molecule has 3 rings (SSSR count). The topological polar surface area (TPSA) is 60.2 Å². The third-order valence-electron chi connectivity index (χ3n) is 3.98. The van der Waals surface area contributed by atoms with Crippen molar-refractivity contribution in [2.75, 3.05) is 0 Å². The summed E-state index contributed by atoms with van der Waals surface area (Å²) in [5.74, 6) is -0.451. The molecule has 0 aromatic heterocycles. The van der Waals surface area contributed by atoms with Gasteiger partial charge in [-0.1, -0.05) is 12.5 Å². The number of benzene rings is 1. The van der Waals surface area contributed by atoms with Gasteiger partial charge in [0.1, 0.15) is 5.82 Å². The Bertz CT molecular complexity index is 629. The maximum absolute atomic E-state index is 14.0. The SMILES string of the molecule is O=[N+]([O-])c1ccc(F)c(C2=CC3CCCC(C2)S3=O)c1. The van der Waals surface area contributed by atoms with Gasteiger partial charge in [0.05, 0.1) is 10.2 Å². The predicted octanol–water partition coefficient (Wildman–Crippen LogP) is 3.19. The van der Waals surface area contributed by atoms with E-state index in [1.54, 1.807) is 0 Å². The maximum Gasteiger partial charge on any atom is 0.270 e. The van der Waals surface area contributed by atoms with Gasteiger partial charge >= 0.3 is 0 Å². The molecule has 0 N–H and O–H groups in total. The molecule has 20 heavy (non-hydrogen) atoms. The minimum atomic E-state index is -0.884. The van der Waals surface area contributed by atoms with Gasteiger partial charge in [-0.2, -0.15) is 0 Å². The Labute approximate surface area is 118 Å². The number of halogens is 1. The summed E-state index contributed by atoms with van der Waals surface area (Å²) in [5, 5.41) is 10.8. The summed E-state index contributed by atoms with van der Waals surface area (Å²) in [6, 6.07) is 3.59. The first-order chi connectivity index (χ1) is 9.56. The molecule has 6 heteroatoms. The Hall–Kier alpha value is -1.56. The molecule has 0 amide bonds. The molecule has 0 aliphatic carbocycles. The number of nitrogens with zero attached hydrogens (tertiary/aromatic N) is 1. The van der Waals surface area contributed by atoms with Gasteiger partial charge in [0.2, 0.25) is 0 Å². The number of hydrogen-bond donors (Lipinski definition) is 0. The van der Waals surface area contributed by atoms with E-state index >= 15 is 0 Å². The molecule has 3 unspecified atom stereocenters. The fourth-order valence-corrected chi connectivity index (χ4v) is 4.91. The lowest BCUT2D eigenvalue weighted by atomic mass is 9.93. The molecule has 0 spiro atoms. The molecule has 0 saturated carbocycles. The lowest BCUT2D eigenvalue weighted by molar-refractivity contribution is -0.384. The van der Waals surface area contributed by atoms with Crippen LogP contribution in [0.3, 0.4) is 0 Å². The molecule has 2 aliphatic heterocycles. The second-order valence-electron chi connectivity index (χ2n) is 5.24. The van der Waals surface area contributed by atoms with Crippen molar-refractivity contribution >= 4 is 22.1 Å². The zero-order valence-corrected chi connectivity index (χ0v) is 11.6. The number of hydrogen-bond acceptors (Lipinski definition) is 3. The van der Waals surface area contributed by atoms with Crippen LogP contribution >= 0.6 is 0 Å². The average Bonchev–Trinajstić information content (AvgIpc) is 2.39. The number of fused-ring (bicyclic) bond motifs is 2. The van der Waals surface area contributed by atoms with E-state index in [0.717, 1.165) is 30.9 Å². The van der Waals surface area contributed by atoms with Crippen LogP contribution in [0.4, 0.5) is 10.1 Å². The highest BCUT2D eigenvalue weighted by atomic mass is 32.2. The van der Waals surface area contributed by atoms with Crippen LogP contribution in [0.25, 0.3) is 5.57 Å². The molecule has 2 aliphatic rings. The average molecular weight is 295 g/mol. The Morgan fingerprint density at radius 3 is 2.85 bits per heavy atom. The number of allylic oxidation sites excluding steroid dienone is 1. The van der Waals surface area contributed by atoms with Crippen molar-refractivity contribution in [2.24, 2.45) is 0 Å². The van der Waals surface area contributed by atoms with E-state index in [4.69, 9.17) is 0 Å². The first kappa shape index (κ1) is 13.4. The fourth-order valence-electron chi connectivity index (χ4n) is 2.97. The zero-order valence-electron chi connectivity index (χ0n) is 10.8. The van der Waals surface area contributed by atoms with Crippen LogP contribution < -0.4 is 0 Å². The van der Waals surface area contributed by atoms with Gasteiger partial charge in [0.15, 0.2) is 0 Å². The van der Waals surface area contributed by atoms with E-state index in [1.807, 2.05) is 6.08 Å². The molecule has 1 fully saturated rings. The smallest absolute Gasteiger partial charge is 0.259 e. The maximum atomic E-state index is 14.0. The standard InChI is InChI=1S/C14H14FNO3S/c15-14-5-4-10(16(17)18)8-13(14)9-6-11-2-1-3-12(7-9)20(11)19/h4-6,8,11-12H,1-3,7H2. The first-order valence-electron chi connectivity index (χ1n) is 6.60. The van der Waals surface area contributed by atoms with Gasteiger partial charge in [0.25, 0.3) is 5.69 Å². The summed E-state index contributed by atoms with van der Waals surface area (Å²) in [6.07, 6.45) is 5.18. The minimum Gasteiger partial charge on any atom is -0.259 e. The fraction of sp³-hybridized carbons (Fsp3) is 0.429. The van der Waals surface area contributed by atoms with Crippen molar-refractivity contribution < 1.29 is 13.5 Å².